The summed E-state index contributed by atoms with van der Waals surface area (Å²) in [6.45, 7) is 0.710. The Bertz CT molecular complexity index is 729. The maximum Gasteiger partial charge on any atom is 0.326 e. The van der Waals surface area contributed by atoms with Crippen LogP contribution in [-0.4, -0.2) is 14.8 Å². The molecule has 0 unspecified atom stereocenters. The third kappa shape index (κ3) is 3.18. The van der Waals surface area contributed by atoms with Crippen LogP contribution in [0.2, 0.25) is 0 Å². The monoisotopic (exact) mass is 418 g/mol. The van der Waals surface area contributed by atoms with Gasteiger partial charge in [0.15, 0.2) is 0 Å². The van der Waals surface area contributed by atoms with E-state index in [9.17, 15) is 9.59 Å². The first kappa shape index (κ1) is 15.1. The lowest BCUT2D eigenvalue weighted by atomic mass is 9.82. The van der Waals surface area contributed by atoms with E-state index >= 15 is 0 Å². The molecule has 1 saturated carbocycles. The van der Waals surface area contributed by atoms with Gasteiger partial charge in [-0.05, 0) is 84.0 Å². The summed E-state index contributed by atoms with van der Waals surface area (Å²) in [7, 11) is 0. The highest BCUT2D eigenvalue weighted by atomic mass is 127. The van der Waals surface area contributed by atoms with Crippen molar-refractivity contribution in [1.82, 2.24) is 9.55 Å². The summed E-state index contributed by atoms with van der Waals surface area (Å²) < 4.78 is 2.94. The van der Waals surface area contributed by atoms with E-state index in [1.807, 2.05) is 22.8 Å². The minimum absolute atomic E-state index is 0.00329. The molecule has 21 heavy (non-hydrogen) atoms. The highest BCUT2D eigenvalue weighted by Gasteiger charge is 2.26. The van der Waals surface area contributed by atoms with Crippen LogP contribution in [-0.2, 0) is 11.3 Å². The molecular formula is C15H16ClIN2O2. The van der Waals surface area contributed by atoms with E-state index in [4.69, 9.17) is 11.6 Å². The molecule has 1 aliphatic carbocycles. The number of hydrogen-bond donors (Lipinski definition) is 1. The molecule has 1 N–H and O–H groups in total. The number of aromatic amines is 1. The summed E-state index contributed by atoms with van der Waals surface area (Å²) in [5, 5.41) is -0.215. The molecule has 1 aromatic carbocycles. The minimum atomic E-state index is -0.215. The number of nitrogens with one attached hydrogen (secondary N) is 1. The molecule has 0 saturated heterocycles. The topological polar surface area (TPSA) is 54.9 Å². The molecule has 0 bridgehead atoms. The van der Waals surface area contributed by atoms with Crippen LogP contribution in [0.25, 0.3) is 11.0 Å². The van der Waals surface area contributed by atoms with Gasteiger partial charge in [-0.2, -0.15) is 0 Å². The molecule has 2 aromatic rings. The SMILES string of the molecule is O=C(Cl)C1CCC(Cn2c(=O)[nH]c3ccc(I)cc32)CC1. The Labute approximate surface area is 141 Å². The summed E-state index contributed by atoms with van der Waals surface area (Å²) in [5.74, 6) is 0.440. The molecule has 4 nitrogen and oxygen atoms in total. The lowest BCUT2D eigenvalue weighted by molar-refractivity contribution is -0.116. The Balaban J connectivity index is 1.80. The fourth-order valence-electron chi connectivity index (χ4n) is 3.14. The summed E-state index contributed by atoms with van der Waals surface area (Å²) in [6.07, 6.45) is 3.57. The van der Waals surface area contributed by atoms with E-state index in [1.165, 1.54) is 0 Å². The molecule has 0 radical (unpaired) electrons. The standard InChI is InChI=1S/C15H16ClIN2O2/c16-14(20)10-3-1-9(2-4-10)8-19-13-7-11(17)5-6-12(13)18-15(19)21/h5-7,9-10H,1-4,8H2,(H,18,21). The van der Waals surface area contributed by atoms with Crippen molar-refractivity contribution in [2.24, 2.45) is 11.8 Å². The van der Waals surface area contributed by atoms with Crippen LogP contribution in [0.15, 0.2) is 23.0 Å². The zero-order valence-corrected chi connectivity index (χ0v) is 14.4. The number of carbonyl (C=O) groups excluding carboxylic acids is 1. The van der Waals surface area contributed by atoms with Crippen molar-refractivity contribution in [2.75, 3.05) is 0 Å². The van der Waals surface area contributed by atoms with Crippen LogP contribution in [0.5, 0.6) is 0 Å². The van der Waals surface area contributed by atoms with E-state index in [0.29, 0.717) is 12.5 Å². The summed E-state index contributed by atoms with van der Waals surface area (Å²) in [5.41, 5.74) is 1.79. The molecule has 1 heterocycles. The Kier molecular flexibility index (Phi) is 4.40. The molecule has 1 aliphatic rings. The number of imidazole rings is 1. The second-order valence-corrected chi connectivity index (χ2v) is 7.34. The van der Waals surface area contributed by atoms with Gasteiger partial charge in [0.2, 0.25) is 5.24 Å². The second kappa shape index (κ2) is 6.12. The molecule has 0 aliphatic heterocycles. The fraction of sp³-hybridized carbons (Fsp3) is 0.467. The zero-order valence-electron chi connectivity index (χ0n) is 11.4. The van der Waals surface area contributed by atoms with E-state index in [0.717, 1.165) is 40.3 Å². The van der Waals surface area contributed by atoms with Crippen molar-refractivity contribution >= 4 is 50.5 Å². The van der Waals surface area contributed by atoms with Crippen LogP contribution in [0.4, 0.5) is 0 Å². The van der Waals surface area contributed by atoms with E-state index in [1.54, 1.807) is 0 Å². The smallest absolute Gasteiger partial charge is 0.306 e. The number of H-pyrrole nitrogens is 1. The number of nitrogens with zero attached hydrogens (tertiary/aromatic N) is 1. The first-order valence-electron chi connectivity index (χ1n) is 7.12. The molecule has 112 valence electrons. The predicted octanol–water partition coefficient (Wildman–Crippen LogP) is 3.51. The average Bonchev–Trinajstić information content (AvgIpc) is 2.76. The fourth-order valence-corrected chi connectivity index (χ4v) is 3.83. The van der Waals surface area contributed by atoms with Crippen molar-refractivity contribution in [3.05, 3.63) is 32.3 Å². The number of aromatic nitrogens is 2. The molecular weight excluding hydrogens is 403 g/mol. The number of fused-ring (bicyclic) bond motifs is 1. The first-order chi connectivity index (χ1) is 10.0. The van der Waals surface area contributed by atoms with E-state index < -0.39 is 0 Å². The predicted molar refractivity (Wildman–Crippen MR) is 91.6 cm³/mol. The number of benzene rings is 1. The largest absolute Gasteiger partial charge is 0.326 e. The summed E-state index contributed by atoms with van der Waals surface area (Å²) in [4.78, 5) is 26.2. The van der Waals surface area contributed by atoms with Crippen LogP contribution in [0, 0.1) is 15.4 Å². The Morgan fingerprint density at radius 2 is 2.05 bits per heavy atom. The van der Waals surface area contributed by atoms with E-state index in [2.05, 4.69) is 27.6 Å². The van der Waals surface area contributed by atoms with Crippen LogP contribution in [0.3, 0.4) is 0 Å². The van der Waals surface area contributed by atoms with Gasteiger partial charge in [0, 0.05) is 16.0 Å². The van der Waals surface area contributed by atoms with Crippen molar-refractivity contribution in [1.29, 1.82) is 0 Å². The third-order valence-corrected chi connectivity index (χ3v) is 5.33. The van der Waals surface area contributed by atoms with Gasteiger partial charge in [-0.3, -0.25) is 9.36 Å². The van der Waals surface area contributed by atoms with Crippen molar-refractivity contribution in [3.63, 3.8) is 0 Å². The number of hydrogen-bond acceptors (Lipinski definition) is 2. The van der Waals surface area contributed by atoms with Gasteiger partial charge >= 0.3 is 5.69 Å². The second-order valence-electron chi connectivity index (χ2n) is 5.72. The lowest BCUT2D eigenvalue weighted by Crippen LogP contribution is -2.26. The molecule has 0 amide bonds. The van der Waals surface area contributed by atoms with Crippen LogP contribution < -0.4 is 5.69 Å². The number of halogens is 2. The minimum Gasteiger partial charge on any atom is -0.306 e. The molecule has 6 heteroatoms. The van der Waals surface area contributed by atoms with Crippen molar-refractivity contribution in [2.45, 2.75) is 32.2 Å². The quantitative estimate of drug-likeness (QED) is 0.613. The Hall–Kier alpha value is -0.820. The van der Waals surface area contributed by atoms with Gasteiger partial charge in [-0.25, -0.2) is 4.79 Å². The van der Waals surface area contributed by atoms with Crippen molar-refractivity contribution in [3.8, 4) is 0 Å². The molecule has 0 atom stereocenters. The maximum absolute atomic E-state index is 12.1. The Morgan fingerprint density at radius 1 is 1.33 bits per heavy atom. The maximum atomic E-state index is 12.1. The number of rotatable bonds is 3. The zero-order chi connectivity index (χ0) is 15.0. The third-order valence-electron chi connectivity index (χ3n) is 4.35. The van der Waals surface area contributed by atoms with Gasteiger partial charge in [0.1, 0.15) is 0 Å². The van der Waals surface area contributed by atoms with E-state index in [-0.39, 0.29) is 16.9 Å². The van der Waals surface area contributed by atoms with Gasteiger partial charge in [0.05, 0.1) is 11.0 Å². The summed E-state index contributed by atoms with van der Waals surface area (Å²) in [6, 6.07) is 5.96. The number of carbonyl (C=O) groups is 1. The normalized spacial score (nSPS) is 22.6. The highest BCUT2D eigenvalue weighted by Crippen LogP contribution is 2.31. The molecule has 1 fully saturated rings. The average molecular weight is 419 g/mol. The van der Waals surface area contributed by atoms with Gasteiger partial charge in [-0.1, -0.05) is 0 Å². The van der Waals surface area contributed by atoms with Crippen LogP contribution in [0.1, 0.15) is 25.7 Å². The molecule has 0 spiro atoms. The summed E-state index contributed by atoms with van der Waals surface area (Å²) >= 11 is 7.82. The highest BCUT2D eigenvalue weighted by molar-refractivity contribution is 14.1. The Morgan fingerprint density at radius 3 is 2.71 bits per heavy atom. The van der Waals surface area contributed by atoms with Gasteiger partial charge in [0.25, 0.3) is 0 Å². The van der Waals surface area contributed by atoms with Gasteiger partial charge in [-0.15, -0.1) is 0 Å². The molecule has 1 aromatic heterocycles. The van der Waals surface area contributed by atoms with Crippen LogP contribution >= 0.6 is 34.2 Å². The van der Waals surface area contributed by atoms with Crippen molar-refractivity contribution < 1.29 is 4.79 Å². The lowest BCUT2D eigenvalue weighted by Gasteiger charge is -2.26. The molecule has 3 rings (SSSR count). The van der Waals surface area contributed by atoms with Gasteiger partial charge < -0.3 is 4.98 Å². The first-order valence-corrected chi connectivity index (χ1v) is 8.57.